The Morgan fingerprint density at radius 2 is 2.20 bits per heavy atom. The van der Waals surface area contributed by atoms with Crippen LogP contribution in [0.15, 0.2) is 28.7 Å². The van der Waals surface area contributed by atoms with E-state index in [0.717, 1.165) is 10.0 Å². The van der Waals surface area contributed by atoms with Gasteiger partial charge in [-0.05, 0) is 30.5 Å². The lowest BCUT2D eigenvalue weighted by atomic mass is 9.95. The van der Waals surface area contributed by atoms with Crippen LogP contribution in [0.2, 0.25) is 0 Å². The molecule has 82 valence electrons. The van der Waals surface area contributed by atoms with Crippen LogP contribution in [0.5, 0.6) is 0 Å². The SMILES string of the molecule is O=C(O)C(CCCO)c1cccc(Br)c1. The van der Waals surface area contributed by atoms with Gasteiger partial charge in [0.15, 0.2) is 0 Å². The van der Waals surface area contributed by atoms with Crippen LogP contribution in [-0.4, -0.2) is 22.8 Å². The Hall–Kier alpha value is -0.870. The Bertz CT molecular complexity index is 338. The Morgan fingerprint density at radius 1 is 1.47 bits per heavy atom. The molecule has 4 heteroatoms. The van der Waals surface area contributed by atoms with Crippen molar-refractivity contribution in [1.82, 2.24) is 0 Å². The predicted molar refractivity (Wildman–Crippen MR) is 60.8 cm³/mol. The number of rotatable bonds is 5. The number of aliphatic hydroxyl groups is 1. The molecular formula is C11H13BrO3. The number of benzene rings is 1. The number of carbonyl (C=O) groups is 1. The van der Waals surface area contributed by atoms with Gasteiger partial charge >= 0.3 is 5.97 Å². The van der Waals surface area contributed by atoms with Crippen LogP contribution in [0.1, 0.15) is 24.3 Å². The highest BCUT2D eigenvalue weighted by atomic mass is 79.9. The van der Waals surface area contributed by atoms with Gasteiger partial charge in [0.05, 0.1) is 5.92 Å². The van der Waals surface area contributed by atoms with Gasteiger partial charge in [-0.15, -0.1) is 0 Å². The number of hydrogen-bond acceptors (Lipinski definition) is 2. The maximum atomic E-state index is 11.0. The summed E-state index contributed by atoms with van der Waals surface area (Å²) in [6, 6.07) is 7.26. The van der Waals surface area contributed by atoms with Crippen LogP contribution in [0.4, 0.5) is 0 Å². The number of hydrogen-bond donors (Lipinski definition) is 2. The van der Waals surface area contributed by atoms with Crippen LogP contribution >= 0.6 is 15.9 Å². The van der Waals surface area contributed by atoms with Gasteiger partial charge in [0.1, 0.15) is 0 Å². The van der Waals surface area contributed by atoms with E-state index in [9.17, 15) is 4.79 Å². The van der Waals surface area contributed by atoms with Crippen molar-refractivity contribution in [3.63, 3.8) is 0 Å². The standard InChI is InChI=1S/C11H13BrO3/c12-9-4-1-3-8(7-9)10(11(14)15)5-2-6-13/h1,3-4,7,10,13H,2,5-6H2,(H,14,15). The topological polar surface area (TPSA) is 57.5 Å². The highest BCUT2D eigenvalue weighted by Gasteiger charge is 2.19. The quantitative estimate of drug-likeness (QED) is 0.866. The Morgan fingerprint density at radius 3 is 2.73 bits per heavy atom. The molecule has 1 aromatic rings. The highest BCUT2D eigenvalue weighted by Crippen LogP contribution is 2.24. The second kappa shape index (κ2) is 5.88. The first-order chi connectivity index (χ1) is 7.15. The summed E-state index contributed by atoms with van der Waals surface area (Å²) >= 11 is 3.31. The molecule has 0 aliphatic heterocycles. The van der Waals surface area contributed by atoms with Crippen molar-refractivity contribution >= 4 is 21.9 Å². The average Bonchev–Trinajstić information content (AvgIpc) is 2.18. The molecule has 0 aliphatic rings. The van der Waals surface area contributed by atoms with Crippen molar-refractivity contribution in [3.8, 4) is 0 Å². The lowest BCUT2D eigenvalue weighted by Gasteiger charge is -2.12. The first kappa shape index (κ1) is 12.2. The van der Waals surface area contributed by atoms with E-state index >= 15 is 0 Å². The van der Waals surface area contributed by atoms with Crippen LogP contribution in [-0.2, 0) is 4.79 Å². The third-order valence-corrected chi connectivity index (χ3v) is 2.69. The zero-order valence-corrected chi connectivity index (χ0v) is 9.77. The first-order valence-corrected chi connectivity index (χ1v) is 5.53. The maximum absolute atomic E-state index is 11.0. The van der Waals surface area contributed by atoms with E-state index in [-0.39, 0.29) is 6.61 Å². The molecule has 0 amide bonds. The van der Waals surface area contributed by atoms with Gasteiger partial charge in [-0.25, -0.2) is 0 Å². The molecule has 15 heavy (non-hydrogen) atoms. The van der Waals surface area contributed by atoms with Gasteiger partial charge in [-0.2, -0.15) is 0 Å². The minimum atomic E-state index is -0.846. The molecule has 0 spiro atoms. The van der Waals surface area contributed by atoms with E-state index in [4.69, 9.17) is 10.2 Å². The predicted octanol–water partition coefficient (Wildman–Crippen LogP) is 2.39. The summed E-state index contributed by atoms with van der Waals surface area (Å²) < 4.78 is 0.871. The molecule has 1 unspecified atom stereocenters. The second-order valence-electron chi connectivity index (χ2n) is 3.31. The molecule has 1 atom stereocenters. The van der Waals surface area contributed by atoms with Crippen molar-refractivity contribution < 1.29 is 15.0 Å². The van der Waals surface area contributed by atoms with Crippen LogP contribution in [0.25, 0.3) is 0 Å². The van der Waals surface area contributed by atoms with Gasteiger partial charge in [-0.1, -0.05) is 28.1 Å². The van der Waals surface area contributed by atoms with E-state index in [0.29, 0.717) is 12.8 Å². The minimum absolute atomic E-state index is 0.0256. The molecule has 0 fully saturated rings. The zero-order chi connectivity index (χ0) is 11.3. The fourth-order valence-corrected chi connectivity index (χ4v) is 1.87. The van der Waals surface area contributed by atoms with E-state index < -0.39 is 11.9 Å². The van der Waals surface area contributed by atoms with Gasteiger partial charge in [0, 0.05) is 11.1 Å². The number of carboxylic acids is 1. The van der Waals surface area contributed by atoms with Crippen molar-refractivity contribution in [3.05, 3.63) is 34.3 Å². The lowest BCUT2D eigenvalue weighted by Crippen LogP contribution is -2.12. The molecule has 0 saturated carbocycles. The van der Waals surface area contributed by atoms with E-state index in [1.807, 2.05) is 12.1 Å². The number of aliphatic hydroxyl groups excluding tert-OH is 1. The van der Waals surface area contributed by atoms with Crippen LogP contribution < -0.4 is 0 Å². The molecule has 0 aromatic heterocycles. The first-order valence-electron chi connectivity index (χ1n) is 4.74. The third-order valence-electron chi connectivity index (χ3n) is 2.20. The summed E-state index contributed by atoms with van der Waals surface area (Å²) in [5, 5.41) is 17.7. The Labute approximate surface area is 96.9 Å². The molecule has 2 N–H and O–H groups in total. The molecule has 0 radical (unpaired) electrons. The molecule has 0 heterocycles. The van der Waals surface area contributed by atoms with E-state index in [1.165, 1.54) is 0 Å². The number of carboxylic acid groups (broad SMARTS) is 1. The normalized spacial score (nSPS) is 12.4. The highest BCUT2D eigenvalue weighted by molar-refractivity contribution is 9.10. The largest absolute Gasteiger partial charge is 0.481 e. The fourth-order valence-electron chi connectivity index (χ4n) is 1.45. The summed E-state index contributed by atoms with van der Waals surface area (Å²) in [4.78, 5) is 11.0. The Balaban J connectivity index is 2.84. The molecule has 1 rings (SSSR count). The molecular weight excluding hydrogens is 260 g/mol. The molecule has 0 aliphatic carbocycles. The second-order valence-corrected chi connectivity index (χ2v) is 4.23. The summed E-state index contributed by atoms with van der Waals surface area (Å²) in [5.74, 6) is -1.38. The smallest absolute Gasteiger partial charge is 0.310 e. The van der Waals surface area contributed by atoms with Crippen molar-refractivity contribution in [2.75, 3.05) is 6.61 Å². The van der Waals surface area contributed by atoms with E-state index in [1.54, 1.807) is 12.1 Å². The molecule has 0 saturated heterocycles. The van der Waals surface area contributed by atoms with Gasteiger partial charge in [-0.3, -0.25) is 4.79 Å². The summed E-state index contributed by atoms with van der Waals surface area (Å²) in [5.41, 5.74) is 0.769. The van der Waals surface area contributed by atoms with Gasteiger partial charge < -0.3 is 10.2 Å². The van der Waals surface area contributed by atoms with Gasteiger partial charge in [0.2, 0.25) is 0 Å². The minimum Gasteiger partial charge on any atom is -0.481 e. The van der Waals surface area contributed by atoms with Crippen molar-refractivity contribution in [2.45, 2.75) is 18.8 Å². The third kappa shape index (κ3) is 3.64. The monoisotopic (exact) mass is 272 g/mol. The molecule has 1 aromatic carbocycles. The van der Waals surface area contributed by atoms with Gasteiger partial charge in [0.25, 0.3) is 0 Å². The van der Waals surface area contributed by atoms with E-state index in [2.05, 4.69) is 15.9 Å². The van der Waals surface area contributed by atoms with Crippen molar-refractivity contribution in [1.29, 1.82) is 0 Å². The summed E-state index contributed by atoms with van der Waals surface area (Å²) in [6.45, 7) is 0.0256. The summed E-state index contributed by atoms with van der Waals surface area (Å²) in [7, 11) is 0. The summed E-state index contributed by atoms with van der Waals surface area (Å²) in [6.07, 6.45) is 0.964. The lowest BCUT2D eigenvalue weighted by molar-refractivity contribution is -0.139. The fraction of sp³-hybridized carbons (Fsp3) is 0.364. The Kier molecular flexibility index (Phi) is 4.78. The molecule has 0 bridgehead atoms. The maximum Gasteiger partial charge on any atom is 0.310 e. The van der Waals surface area contributed by atoms with Crippen LogP contribution in [0, 0.1) is 0 Å². The van der Waals surface area contributed by atoms with Crippen molar-refractivity contribution in [2.24, 2.45) is 0 Å². The zero-order valence-electron chi connectivity index (χ0n) is 8.19. The molecule has 3 nitrogen and oxygen atoms in total. The number of aliphatic carboxylic acids is 1. The number of halogens is 1. The van der Waals surface area contributed by atoms with Crippen LogP contribution in [0.3, 0.4) is 0 Å². The average molecular weight is 273 g/mol.